The van der Waals surface area contributed by atoms with Crippen molar-refractivity contribution >= 4 is 45.7 Å². The van der Waals surface area contributed by atoms with Crippen molar-refractivity contribution in [3.63, 3.8) is 0 Å². The van der Waals surface area contributed by atoms with Gasteiger partial charge in [0.15, 0.2) is 0 Å². The summed E-state index contributed by atoms with van der Waals surface area (Å²) in [6, 6.07) is 6.93. The van der Waals surface area contributed by atoms with Crippen LogP contribution < -0.4 is 16.6 Å². The summed E-state index contributed by atoms with van der Waals surface area (Å²) in [5.41, 5.74) is 6.23. The summed E-state index contributed by atoms with van der Waals surface area (Å²) in [6.45, 7) is -0.244. The number of hydrogen-bond acceptors (Lipinski definition) is 9. The third-order valence-electron chi connectivity index (χ3n) is 4.80. The van der Waals surface area contributed by atoms with Gasteiger partial charge in [0.25, 0.3) is 5.56 Å². The zero-order valence-electron chi connectivity index (χ0n) is 14.6. The highest BCUT2D eigenvalue weighted by atomic mass is 35.5. The largest absolute Gasteiger partial charge is 0.396 e. The molecule has 150 valence electrons. The smallest absolute Gasteiger partial charge is 0.264 e. The SMILES string of the molecule is Cl.Nc1nc(N[C@@H]2C[C@H](CO)[C@@H](O)[C@H]2O)c(-c2nc3ccccc3s2)c(=O)[nH]1. The number of H-pyrrole nitrogens is 1. The molecule has 1 aliphatic rings. The highest BCUT2D eigenvalue weighted by molar-refractivity contribution is 7.21. The maximum Gasteiger partial charge on any atom is 0.264 e. The Morgan fingerprint density at radius 3 is 2.68 bits per heavy atom. The van der Waals surface area contributed by atoms with E-state index >= 15 is 0 Å². The molecule has 11 heteroatoms. The monoisotopic (exact) mass is 425 g/mol. The van der Waals surface area contributed by atoms with Crippen molar-refractivity contribution in [3.05, 3.63) is 34.6 Å². The molecule has 1 saturated carbocycles. The molecule has 4 atom stereocenters. The molecule has 0 bridgehead atoms. The number of halogens is 1. The van der Waals surface area contributed by atoms with E-state index in [0.29, 0.717) is 11.4 Å². The van der Waals surface area contributed by atoms with Gasteiger partial charge in [0.05, 0.1) is 22.4 Å². The second-order valence-electron chi connectivity index (χ2n) is 6.57. The van der Waals surface area contributed by atoms with Crippen LogP contribution in [0.25, 0.3) is 20.8 Å². The van der Waals surface area contributed by atoms with Crippen molar-refractivity contribution in [1.29, 1.82) is 0 Å². The number of thiazole rings is 1. The van der Waals surface area contributed by atoms with Crippen LogP contribution in [0.5, 0.6) is 0 Å². The summed E-state index contributed by atoms with van der Waals surface area (Å²) < 4.78 is 0.923. The van der Waals surface area contributed by atoms with Crippen LogP contribution >= 0.6 is 23.7 Å². The molecule has 9 nitrogen and oxygen atoms in total. The number of nitrogens with one attached hydrogen (secondary N) is 2. The molecule has 0 aliphatic heterocycles. The molecule has 0 radical (unpaired) electrons. The topological polar surface area (TPSA) is 157 Å². The van der Waals surface area contributed by atoms with E-state index in [1.165, 1.54) is 11.3 Å². The first kappa shape index (κ1) is 20.5. The first-order chi connectivity index (χ1) is 13.0. The molecule has 2 aromatic heterocycles. The first-order valence-corrected chi connectivity index (χ1v) is 9.29. The maximum atomic E-state index is 12.6. The number of nitrogen functional groups attached to an aromatic ring is 1. The van der Waals surface area contributed by atoms with E-state index in [9.17, 15) is 20.1 Å². The number of aliphatic hydroxyl groups excluding tert-OH is 3. The molecular formula is C17H20ClN5O4S. The number of nitrogens with two attached hydrogens (primary N) is 1. The standard InChI is InChI=1S/C17H19N5O4S.ClH/c18-17-21-14(19-9-5-7(6-23)12(24)13(9)25)11(15(26)22-17)16-20-8-3-1-2-4-10(8)27-16;/h1-4,7,9,12-13,23-25H,5-6H2,(H4,18,19,21,22,26);1H/t7-,9-,12-,13+;/m1./s1. The normalized spacial score (nSPS) is 24.2. The van der Waals surface area contributed by atoms with Gasteiger partial charge >= 0.3 is 0 Å². The van der Waals surface area contributed by atoms with Gasteiger partial charge in [0.2, 0.25) is 5.95 Å². The van der Waals surface area contributed by atoms with E-state index in [1.54, 1.807) is 0 Å². The van der Waals surface area contributed by atoms with Crippen molar-refractivity contribution in [2.75, 3.05) is 17.7 Å². The van der Waals surface area contributed by atoms with Crippen molar-refractivity contribution in [2.45, 2.75) is 24.7 Å². The lowest BCUT2D eigenvalue weighted by atomic mass is 10.1. The number of aromatic amines is 1. The second-order valence-corrected chi connectivity index (χ2v) is 7.60. The van der Waals surface area contributed by atoms with Crippen LogP contribution in [0.1, 0.15) is 6.42 Å². The highest BCUT2D eigenvalue weighted by Crippen LogP contribution is 2.34. The summed E-state index contributed by atoms with van der Waals surface area (Å²) in [7, 11) is 0. The molecule has 1 aliphatic carbocycles. The average molecular weight is 426 g/mol. The van der Waals surface area contributed by atoms with Gasteiger partial charge < -0.3 is 26.4 Å². The first-order valence-electron chi connectivity index (χ1n) is 8.47. The van der Waals surface area contributed by atoms with Gasteiger partial charge in [0, 0.05) is 12.5 Å². The molecule has 7 N–H and O–H groups in total. The molecule has 1 fully saturated rings. The predicted octanol–water partition coefficient (Wildman–Crippen LogP) is 0.565. The third-order valence-corrected chi connectivity index (χ3v) is 5.86. The fourth-order valence-corrected chi connectivity index (χ4v) is 4.41. The van der Waals surface area contributed by atoms with E-state index < -0.39 is 29.7 Å². The number of rotatable bonds is 4. The van der Waals surface area contributed by atoms with Crippen LogP contribution in [0.3, 0.4) is 0 Å². The molecule has 0 amide bonds. The van der Waals surface area contributed by atoms with Gasteiger partial charge in [-0.25, -0.2) is 4.98 Å². The third kappa shape index (κ3) is 3.56. The quantitative estimate of drug-likeness (QED) is 0.354. The Balaban J connectivity index is 0.00000225. The molecule has 0 spiro atoms. The molecule has 1 aromatic carbocycles. The van der Waals surface area contributed by atoms with Crippen molar-refractivity contribution in [3.8, 4) is 10.6 Å². The summed E-state index contributed by atoms with van der Waals surface area (Å²) in [5.74, 6) is -0.341. The second kappa shape index (κ2) is 8.02. The number of aromatic nitrogens is 3. The van der Waals surface area contributed by atoms with Crippen molar-refractivity contribution in [2.24, 2.45) is 5.92 Å². The van der Waals surface area contributed by atoms with E-state index in [1.807, 2.05) is 24.3 Å². The zero-order valence-corrected chi connectivity index (χ0v) is 16.2. The molecule has 3 aromatic rings. The minimum absolute atomic E-state index is 0. The van der Waals surface area contributed by atoms with Crippen LogP contribution in [0.15, 0.2) is 29.1 Å². The predicted molar refractivity (Wildman–Crippen MR) is 110 cm³/mol. The van der Waals surface area contributed by atoms with Crippen LogP contribution in [0.2, 0.25) is 0 Å². The Morgan fingerprint density at radius 1 is 1.25 bits per heavy atom. The number of benzene rings is 1. The minimum Gasteiger partial charge on any atom is -0.396 e. The fraction of sp³-hybridized carbons (Fsp3) is 0.353. The van der Waals surface area contributed by atoms with Crippen LogP contribution in [-0.4, -0.2) is 55.1 Å². The number of para-hydroxylation sites is 1. The van der Waals surface area contributed by atoms with Gasteiger partial charge in [-0.05, 0) is 18.6 Å². The Hall–Kier alpha value is -2.24. The summed E-state index contributed by atoms with van der Waals surface area (Å²) in [5, 5.41) is 33.1. The lowest BCUT2D eigenvalue weighted by Crippen LogP contribution is -2.36. The highest BCUT2D eigenvalue weighted by Gasteiger charge is 2.41. The van der Waals surface area contributed by atoms with E-state index in [0.717, 1.165) is 10.2 Å². The zero-order chi connectivity index (χ0) is 19.1. The average Bonchev–Trinajstić information content (AvgIpc) is 3.17. The summed E-state index contributed by atoms with van der Waals surface area (Å²) in [4.78, 5) is 23.7. The molecule has 0 saturated heterocycles. The number of fused-ring (bicyclic) bond motifs is 1. The number of anilines is 2. The van der Waals surface area contributed by atoms with Crippen LogP contribution in [0, 0.1) is 5.92 Å². The lowest BCUT2D eigenvalue weighted by Gasteiger charge is -2.19. The number of nitrogens with zero attached hydrogens (tertiary/aromatic N) is 2. The molecule has 0 unspecified atom stereocenters. The van der Waals surface area contributed by atoms with Gasteiger partial charge in [0.1, 0.15) is 22.5 Å². The van der Waals surface area contributed by atoms with Gasteiger partial charge in [-0.2, -0.15) is 4.98 Å². The Morgan fingerprint density at radius 2 is 2.00 bits per heavy atom. The summed E-state index contributed by atoms with van der Waals surface area (Å²) >= 11 is 1.35. The van der Waals surface area contributed by atoms with Crippen LogP contribution in [0.4, 0.5) is 11.8 Å². The Labute approximate surface area is 169 Å². The number of hydrogen-bond donors (Lipinski definition) is 6. The van der Waals surface area contributed by atoms with Crippen LogP contribution in [-0.2, 0) is 0 Å². The minimum atomic E-state index is -1.10. The Kier molecular flexibility index (Phi) is 5.87. The molecular weight excluding hydrogens is 406 g/mol. The van der Waals surface area contributed by atoms with Gasteiger partial charge in [-0.15, -0.1) is 23.7 Å². The Bertz CT molecular complexity index is 1010. The number of aliphatic hydroxyl groups is 3. The van der Waals surface area contributed by atoms with E-state index in [2.05, 4.69) is 20.3 Å². The van der Waals surface area contributed by atoms with Crippen molar-refractivity contribution in [1.82, 2.24) is 15.0 Å². The van der Waals surface area contributed by atoms with E-state index in [4.69, 9.17) is 5.73 Å². The lowest BCUT2D eigenvalue weighted by molar-refractivity contribution is 0.00446. The maximum absolute atomic E-state index is 12.6. The van der Waals surface area contributed by atoms with Gasteiger partial charge in [-0.3, -0.25) is 9.78 Å². The van der Waals surface area contributed by atoms with E-state index in [-0.39, 0.29) is 36.3 Å². The van der Waals surface area contributed by atoms with Crippen molar-refractivity contribution < 1.29 is 15.3 Å². The summed E-state index contributed by atoms with van der Waals surface area (Å²) in [6.07, 6.45) is -1.84. The molecule has 28 heavy (non-hydrogen) atoms. The van der Waals surface area contributed by atoms with Gasteiger partial charge in [-0.1, -0.05) is 12.1 Å². The fourth-order valence-electron chi connectivity index (χ4n) is 3.40. The molecule has 2 heterocycles. The molecule has 4 rings (SSSR count).